The van der Waals surface area contributed by atoms with Crippen LogP contribution >= 0.6 is 0 Å². The van der Waals surface area contributed by atoms with Gasteiger partial charge in [-0.05, 0) is 12.0 Å². The van der Waals surface area contributed by atoms with Gasteiger partial charge < -0.3 is 11.1 Å². The van der Waals surface area contributed by atoms with E-state index in [4.69, 9.17) is 5.73 Å². The highest BCUT2D eigenvalue weighted by Crippen LogP contribution is 2.20. The van der Waals surface area contributed by atoms with Gasteiger partial charge in [-0.1, -0.05) is 13.8 Å². The van der Waals surface area contributed by atoms with E-state index < -0.39 is 10.7 Å². The number of nitrogens with two attached hydrogens (primary N) is 1. The van der Waals surface area contributed by atoms with Crippen LogP contribution in [0, 0.1) is 21.8 Å². The summed E-state index contributed by atoms with van der Waals surface area (Å²) >= 11 is 0. The molecule has 0 aliphatic rings. The molecule has 0 saturated carbocycles. The summed E-state index contributed by atoms with van der Waals surface area (Å²) in [5.74, 6) is -0.362. The number of nitro benzene ring substituents is 1. The number of non-ortho nitro benzene ring substituents is 1. The van der Waals surface area contributed by atoms with Crippen LogP contribution in [0.4, 0.5) is 15.8 Å². The second kappa shape index (κ2) is 5.58. The van der Waals surface area contributed by atoms with Crippen LogP contribution in [0.3, 0.4) is 0 Å². The van der Waals surface area contributed by atoms with E-state index in [1.165, 1.54) is 12.1 Å². The molecule has 1 aromatic rings. The second-order valence-corrected chi connectivity index (χ2v) is 4.21. The minimum absolute atomic E-state index is 0.0930. The highest BCUT2D eigenvalue weighted by Gasteiger charge is 2.12. The van der Waals surface area contributed by atoms with Crippen LogP contribution in [-0.4, -0.2) is 17.5 Å². The highest BCUT2D eigenvalue weighted by atomic mass is 19.1. The van der Waals surface area contributed by atoms with Gasteiger partial charge in [-0.25, -0.2) is 4.39 Å². The Hall–Kier alpha value is -1.69. The first kappa shape index (κ1) is 13.4. The van der Waals surface area contributed by atoms with Crippen LogP contribution in [-0.2, 0) is 0 Å². The normalized spacial score (nSPS) is 12.5. The van der Waals surface area contributed by atoms with Gasteiger partial charge >= 0.3 is 0 Å². The molecule has 0 heterocycles. The number of nitro groups is 1. The van der Waals surface area contributed by atoms with E-state index in [0.717, 1.165) is 6.07 Å². The topological polar surface area (TPSA) is 81.2 Å². The lowest BCUT2D eigenvalue weighted by atomic mass is 10.1. The Kier molecular flexibility index (Phi) is 4.39. The molecule has 0 aliphatic heterocycles. The van der Waals surface area contributed by atoms with Crippen LogP contribution in [0.15, 0.2) is 18.2 Å². The van der Waals surface area contributed by atoms with Crippen molar-refractivity contribution in [2.24, 2.45) is 11.7 Å². The summed E-state index contributed by atoms with van der Waals surface area (Å²) in [7, 11) is 0. The van der Waals surface area contributed by atoms with Crippen LogP contribution in [0.25, 0.3) is 0 Å². The smallest absolute Gasteiger partial charge is 0.272 e. The molecule has 0 saturated heterocycles. The van der Waals surface area contributed by atoms with Crippen molar-refractivity contribution in [3.63, 3.8) is 0 Å². The molecule has 94 valence electrons. The summed E-state index contributed by atoms with van der Waals surface area (Å²) in [5.41, 5.74) is 5.76. The lowest BCUT2D eigenvalue weighted by molar-refractivity contribution is -0.385. The van der Waals surface area contributed by atoms with Crippen LogP contribution in [0.1, 0.15) is 13.8 Å². The van der Waals surface area contributed by atoms with Crippen LogP contribution in [0.5, 0.6) is 0 Å². The van der Waals surface area contributed by atoms with Crippen molar-refractivity contribution in [3.8, 4) is 0 Å². The van der Waals surface area contributed by atoms with Gasteiger partial charge in [0.25, 0.3) is 5.69 Å². The Bertz CT molecular complexity index is 410. The maximum atomic E-state index is 13.5. The van der Waals surface area contributed by atoms with E-state index in [1.807, 2.05) is 13.8 Å². The largest absolute Gasteiger partial charge is 0.381 e. The Balaban J connectivity index is 2.70. The molecule has 0 fully saturated rings. The van der Waals surface area contributed by atoms with E-state index in [0.29, 0.717) is 6.54 Å². The summed E-state index contributed by atoms with van der Waals surface area (Å²) in [4.78, 5) is 9.79. The first-order valence-corrected chi connectivity index (χ1v) is 5.35. The summed E-state index contributed by atoms with van der Waals surface area (Å²) in [5, 5.41) is 13.3. The molecular formula is C11H16FN3O2. The van der Waals surface area contributed by atoms with Gasteiger partial charge in [0.2, 0.25) is 0 Å². The quantitative estimate of drug-likeness (QED) is 0.611. The third-order valence-electron chi connectivity index (χ3n) is 2.55. The Labute approximate surface area is 99.0 Å². The van der Waals surface area contributed by atoms with Crippen molar-refractivity contribution < 1.29 is 9.31 Å². The molecule has 1 unspecified atom stereocenters. The van der Waals surface area contributed by atoms with Gasteiger partial charge in [-0.15, -0.1) is 0 Å². The van der Waals surface area contributed by atoms with E-state index >= 15 is 0 Å². The van der Waals surface area contributed by atoms with Crippen LogP contribution in [0.2, 0.25) is 0 Å². The fourth-order valence-corrected chi connectivity index (χ4v) is 1.22. The maximum absolute atomic E-state index is 13.5. The minimum atomic E-state index is -0.643. The third kappa shape index (κ3) is 3.67. The zero-order valence-corrected chi connectivity index (χ0v) is 9.81. The molecule has 0 aromatic heterocycles. The van der Waals surface area contributed by atoms with Crippen molar-refractivity contribution in [2.45, 2.75) is 19.9 Å². The third-order valence-corrected chi connectivity index (χ3v) is 2.55. The molecular weight excluding hydrogens is 225 g/mol. The number of anilines is 1. The van der Waals surface area contributed by atoms with Gasteiger partial charge in [0, 0.05) is 18.7 Å². The van der Waals surface area contributed by atoms with E-state index in [1.54, 1.807) is 0 Å². The zero-order chi connectivity index (χ0) is 13.0. The molecule has 0 spiro atoms. The molecule has 1 atom stereocenters. The average Bonchev–Trinajstić information content (AvgIpc) is 2.26. The molecule has 0 bridgehead atoms. The first-order valence-electron chi connectivity index (χ1n) is 5.35. The number of benzene rings is 1. The van der Waals surface area contributed by atoms with Crippen LogP contribution < -0.4 is 11.1 Å². The molecule has 1 rings (SSSR count). The van der Waals surface area contributed by atoms with Gasteiger partial charge in [-0.2, -0.15) is 0 Å². The SMILES string of the molecule is CC(C)C(N)CNc1ccc([N+](=O)[O-])cc1F. The lowest BCUT2D eigenvalue weighted by Crippen LogP contribution is -2.34. The Morgan fingerprint density at radius 3 is 2.65 bits per heavy atom. The molecule has 0 aliphatic carbocycles. The molecule has 5 nitrogen and oxygen atoms in total. The van der Waals surface area contributed by atoms with Gasteiger partial charge in [0.15, 0.2) is 5.82 Å². The molecule has 6 heteroatoms. The molecule has 1 aromatic carbocycles. The molecule has 3 N–H and O–H groups in total. The monoisotopic (exact) mass is 241 g/mol. The van der Waals surface area contributed by atoms with Crippen molar-refractivity contribution in [1.82, 2.24) is 0 Å². The predicted octanol–water partition coefficient (Wildman–Crippen LogP) is 2.13. The Morgan fingerprint density at radius 2 is 2.18 bits per heavy atom. The Morgan fingerprint density at radius 1 is 1.53 bits per heavy atom. The maximum Gasteiger partial charge on any atom is 0.272 e. The first-order chi connectivity index (χ1) is 7.91. The number of hydrogen-bond donors (Lipinski definition) is 2. The van der Waals surface area contributed by atoms with Gasteiger partial charge in [0.1, 0.15) is 0 Å². The predicted molar refractivity (Wildman–Crippen MR) is 64.4 cm³/mol. The standard InChI is InChI=1S/C11H16FN3O2/c1-7(2)10(13)6-14-11-4-3-8(15(16)17)5-9(11)12/h3-5,7,10,14H,6,13H2,1-2H3. The number of halogens is 1. The van der Waals surface area contributed by atoms with Gasteiger partial charge in [-0.3, -0.25) is 10.1 Å². The molecule has 0 radical (unpaired) electrons. The summed E-state index contributed by atoms with van der Waals surface area (Å²) in [6, 6.07) is 3.40. The number of nitrogens with zero attached hydrogens (tertiary/aromatic N) is 1. The number of nitrogens with one attached hydrogen (secondary N) is 1. The minimum Gasteiger partial charge on any atom is -0.381 e. The molecule has 0 amide bonds. The van der Waals surface area contributed by atoms with E-state index in [-0.39, 0.29) is 23.3 Å². The van der Waals surface area contributed by atoms with Crippen molar-refractivity contribution in [2.75, 3.05) is 11.9 Å². The highest BCUT2D eigenvalue weighted by molar-refractivity contribution is 5.50. The number of hydrogen-bond acceptors (Lipinski definition) is 4. The molecule has 17 heavy (non-hydrogen) atoms. The number of rotatable bonds is 5. The average molecular weight is 241 g/mol. The summed E-state index contributed by atoms with van der Waals surface area (Å²) in [6.07, 6.45) is 0. The fraction of sp³-hybridized carbons (Fsp3) is 0.455. The van der Waals surface area contributed by atoms with E-state index in [2.05, 4.69) is 5.32 Å². The van der Waals surface area contributed by atoms with Crippen molar-refractivity contribution in [1.29, 1.82) is 0 Å². The van der Waals surface area contributed by atoms with Gasteiger partial charge in [0.05, 0.1) is 16.7 Å². The van der Waals surface area contributed by atoms with Crippen molar-refractivity contribution in [3.05, 3.63) is 34.1 Å². The fourth-order valence-electron chi connectivity index (χ4n) is 1.22. The zero-order valence-electron chi connectivity index (χ0n) is 9.81. The lowest BCUT2D eigenvalue weighted by Gasteiger charge is -2.17. The second-order valence-electron chi connectivity index (χ2n) is 4.21. The summed E-state index contributed by atoms with van der Waals surface area (Å²) < 4.78 is 13.5. The van der Waals surface area contributed by atoms with Crippen molar-refractivity contribution >= 4 is 11.4 Å². The van der Waals surface area contributed by atoms with E-state index in [9.17, 15) is 14.5 Å². The summed E-state index contributed by atoms with van der Waals surface area (Å²) in [6.45, 7) is 4.36.